The third-order valence-electron chi connectivity index (χ3n) is 4.66. The van der Waals surface area contributed by atoms with Crippen LogP contribution in [-0.2, 0) is 4.74 Å². The van der Waals surface area contributed by atoms with Crippen molar-refractivity contribution in [1.29, 1.82) is 0 Å². The zero-order chi connectivity index (χ0) is 20.5. The Morgan fingerprint density at radius 1 is 1.14 bits per heavy atom. The second kappa shape index (κ2) is 7.27. The van der Waals surface area contributed by atoms with Crippen molar-refractivity contribution in [1.82, 2.24) is 14.8 Å². The molecule has 0 aliphatic rings. The molecule has 4 aromatic rings. The number of pyridine rings is 1. The van der Waals surface area contributed by atoms with Crippen molar-refractivity contribution in [3.8, 4) is 22.6 Å². The summed E-state index contributed by atoms with van der Waals surface area (Å²) in [6.07, 6.45) is 0. The zero-order valence-electron chi connectivity index (χ0n) is 16.0. The Balaban J connectivity index is 2.10. The van der Waals surface area contributed by atoms with Crippen molar-refractivity contribution in [2.75, 3.05) is 6.61 Å². The van der Waals surface area contributed by atoms with E-state index in [0.717, 1.165) is 0 Å². The monoisotopic (exact) mass is 389 g/mol. The highest BCUT2D eigenvalue weighted by Crippen LogP contribution is 2.32. The molecule has 4 rings (SSSR count). The molecule has 2 aromatic carbocycles. The smallest absolute Gasteiger partial charge is 0.340 e. The van der Waals surface area contributed by atoms with Crippen molar-refractivity contribution < 1.29 is 14.6 Å². The fourth-order valence-electron chi connectivity index (χ4n) is 3.39. The number of nitrogens with zero attached hydrogens (tertiary/aromatic N) is 2. The standard InChI is InChI=1S/C22H19N3O4/c1-3-29-22(28)17-13(2)23-20-19(18(17)14-9-11-16(26)12-10-14)21(27)25(24-20)15-7-5-4-6-8-15/h4-12,26H,3H2,1-2H3,(H,23,24). The van der Waals surface area contributed by atoms with Gasteiger partial charge in [-0.05, 0) is 43.7 Å². The summed E-state index contributed by atoms with van der Waals surface area (Å²) in [5.74, 6) is -0.460. The van der Waals surface area contributed by atoms with Gasteiger partial charge in [-0.3, -0.25) is 9.89 Å². The minimum absolute atomic E-state index is 0.0872. The predicted octanol–water partition coefficient (Wildman–Crippen LogP) is 3.57. The lowest BCUT2D eigenvalue weighted by atomic mass is 9.96. The molecule has 0 fully saturated rings. The van der Waals surface area contributed by atoms with Gasteiger partial charge < -0.3 is 9.84 Å². The maximum atomic E-state index is 13.3. The summed E-state index contributed by atoms with van der Waals surface area (Å²) in [4.78, 5) is 30.5. The van der Waals surface area contributed by atoms with Crippen LogP contribution in [0.2, 0.25) is 0 Å². The lowest BCUT2D eigenvalue weighted by molar-refractivity contribution is 0.0526. The molecule has 0 spiro atoms. The number of hydrogen-bond acceptors (Lipinski definition) is 5. The number of aromatic hydroxyl groups is 1. The van der Waals surface area contributed by atoms with Crippen LogP contribution in [0.4, 0.5) is 0 Å². The van der Waals surface area contributed by atoms with Gasteiger partial charge in [0, 0.05) is 5.56 Å². The number of para-hydroxylation sites is 1. The molecular weight excluding hydrogens is 370 g/mol. The van der Waals surface area contributed by atoms with Gasteiger partial charge in [0.15, 0.2) is 5.65 Å². The van der Waals surface area contributed by atoms with Crippen LogP contribution in [0.1, 0.15) is 23.0 Å². The SMILES string of the molecule is CCOC(=O)c1c(C)nc2[nH]n(-c3ccccc3)c(=O)c2c1-c1ccc(O)cc1. The topological polar surface area (TPSA) is 97.2 Å². The highest BCUT2D eigenvalue weighted by Gasteiger charge is 2.25. The van der Waals surface area contributed by atoms with E-state index in [1.165, 1.54) is 16.8 Å². The van der Waals surface area contributed by atoms with Gasteiger partial charge in [-0.15, -0.1) is 0 Å². The summed E-state index contributed by atoms with van der Waals surface area (Å²) in [5.41, 5.74) is 2.42. The highest BCUT2D eigenvalue weighted by atomic mass is 16.5. The third kappa shape index (κ3) is 3.16. The average Bonchev–Trinajstić information content (AvgIpc) is 3.04. The first-order valence-electron chi connectivity index (χ1n) is 9.18. The first-order valence-corrected chi connectivity index (χ1v) is 9.18. The molecule has 0 amide bonds. The van der Waals surface area contributed by atoms with Crippen molar-refractivity contribution in [2.45, 2.75) is 13.8 Å². The number of aromatic nitrogens is 3. The fraction of sp³-hybridized carbons (Fsp3) is 0.136. The summed E-state index contributed by atoms with van der Waals surface area (Å²) in [5, 5.41) is 13.0. The van der Waals surface area contributed by atoms with Crippen molar-refractivity contribution in [3.63, 3.8) is 0 Å². The minimum Gasteiger partial charge on any atom is -0.508 e. The van der Waals surface area contributed by atoms with Crippen molar-refractivity contribution in [3.05, 3.63) is 76.2 Å². The molecule has 7 heteroatoms. The van der Waals surface area contributed by atoms with Gasteiger partial charge >= 0.3 is 5.97 Å². The Labute approximate surface area is 166 Å². The van der Waals surface area contributed by atoms with Crippen molar-refractivity contribution >= 4 is 17.0 Å². The Bertz CT molecular complexity index is 1260. The molecule has 146 valence electrons. The number of phenolic OH excluding ortho intramolecular Hbond substituents is 1. The predicted molar refractivity (Wildman–Crippen MR) is 109 cm³/mol. The van der Waals surface area contributed by atoms with Crippen LogP contribution in [-0.4, -0.2) is 32.4 Å². The van der Waals surface area contributed by atoms with Crippen LogP contribution in [0.3, 0.4) is 0 Å². The van der Waals surface area contributed by atoms with E-state index in [1.807, 2.05) is 18.2 Å². The molecule has 0 radical (unpaired) electrons. The van der Waals surface area contributed by atoms with E-state index in [4.69, 9.17) is 4.74 Å². The van der Waals surface area contributed by atoms with Crippen LogP contribution in [0, 0.1) is 6.92 Å². The first-order chi connectivity index (χ1) is 14.0. The van der Waals surface area contributed by atoms with E-state index in [9.17, 15) is 14.7 Å². The Morgan fingerprint density at radius 3 is 2.48 bits per heavy atom. The summed E-state index contributed by atoms with van der Waals surface area (Å²) in [6, 6.07) is 15.5. The van der Waals surface area contributed by atoms with E-state index in [-0.39, 0.29) is 28.9 Å². The number of ether oxygens (including phenoxy) is 1. The summed E-state index contributed by atoms with van der Waals surface area (Å²) >= 11 is 0. The van der Waals surface area contributed by atoms with Gasteiger partial charge in [0.25, 0.3) is 5.56 Å². The van der Waals surface area contributed by atoms with E-state index in [1.54, 1.807) is 38.1 Å². The lowest BCUT2D eigenvalue weighted by Crippen LogP contribution is -2.16. The molecule has 0 unspecified atom stereocenters. The highest BCUT2D eigenvalue weighted by molar-refractivity contribution is 6.07. The summed E-state index contributed by atoms with van der Waals surface area (Å²) < 4.78 is 6.63. The zero-order valence-corrected chi connectivity index (χ0v) is 16.0. The molecule has 7 nitrogen and oxygen atoms in total. The summed E-state index contributed by atoms with van der Waals surface area (Å²) in [7, 11) is 0. The Kier molecular flexibility index (Phi) is 4.64. The number of rotatable bonds is 4. The number of aromatic amines is 1. The van der Waals surface area contributed by atoms with Gasteiger partial charge in [-0.2, -0.15) is 0 Å². The van der Waals surface area contributed by atoms with Crippen LogP contribution in [0.25, 0.3) is 27.8 Å². The van der Waals surface area contributed by atoms with Gasteiger partial charge in [0.05, 0.1) is 28.9 Å². The third-order valence-corrected chi connectivity index (χ3v) is 4.66. The molecule has 0 atom stereocenters. The number of carbonyl (C=O) groups is 1. The first kappa shape index (κ1) is 18.5. The number of esters is 1. The molecule has 0 aliphatic heterocycles. The van der Waals surface area contributed by atoms with Gasteiger partial charge in [0.1, 0.15) is 5.75 Å². The molecule has 2 heterocycles. The number of aryl methyl sites for hydroxylation is 1. The van der Waals surface area contributed by atoms with Crippen LogP contribution in [0.5, 0.6) is 5.75 Å². The van der Waals surface area contributed by atoms with Gasteiger partial charge in [-0.1, -0.05) is 30.3 Å². The Morgan fingerprint density at radius 2 is 1.83 bits per heavy atom. The fourth-order valence-corrected chi connectivity index (χ4v) is 3.39. The Hall–Kier alpha value is -3.87. The van der Waals surface area contributed by atoms with Gasteiger partial charge in [-0.25, -0.2) is 14.5 Å². The average molecular weight is 389 g/mol. The van der Waals surface area contributed by atoms with E-state index < -0.39 is 5.97 Å². The molecule has 0 bridgehead atoms. The summed E-state index contributed by atoms with van der Waals surface area (Å²) in [6.45, 7) is 3.62. The molecule has 29 heavy (non-hydrogen) atoms. The van der Waals surface area contributed by atoms with E-state index in [0.29, 0.717) is 28.2 Å². The molecule has 0 saturated heterocycles. The number of benzene rings is 2. The van der Waals surface area contributed by atoms with Crippen molar-refractivity contribution in [2.24, 2.45) is 0 Å². The van der Waals surface area contributed by atoms with E-state index >= 15 is 0 Å². The number of phenols is 1. The molecule has 0 aliphatic carbocycles. The number of fused-ring (bicyclic) bond motifs is 1. The second-order valence-corrected chi connectivity index (χ2v) is 6.53. The minimum atomic E-state index is -0.547. The largest absolute Gasteiger partial charge is 0.508 e. The maximum absolute atomic E-state index is 13.3. The normalized spacial score (nSPS) is 11.0. The number of nitrogens with one attached hydrogen (secondary N) is 1. The van der Waals surface area contributed by atoms with Crippen LogP contribution < -0.4 is 5.56 Å². The number of hydrogen-bond donors (Lipinski definition) is 2. The lowest BCUT2D eigenvalue weighted by Gasteiger charge is -2.12. The van der Waals surface area contributed by atoms with E-state index in [2.05, 4.69) is 10.1 Å². The molecular formula is C22H19N3O4. The molecule has 2 N–H and O–H groups in total. The number of carbonyl (C=O) groups excluding carboxylic acids is 1. The number of H-pyrrole nitrogens is 1. The maximum Gasteiger partial charge on any atom is 0.340 e. The van der Waals surface area contributed by atoms with Crippen LogP contribution in [0.15, 0.2) is 59.4 Å². The van der Waals surface area contributed by atoms with Crippen LogP contribution >= 0.6 is 0 Å². The molecule has 2 aromatic heterocycles. The molecule has 0 saturated carbocycles. The second-order valence-electron chi connectivity index (χ2n) is 6.53. The quantitative estimate of drug-likeness (QED) is 0.520. The van der Waals surface area contributed by atoms with Gasteiger partial charge in [0.2, 0.25) is 0 Å².